The fourth-order valence-corrected chi connectivity index (χ4v) is 2.85. The van der Waals surface area contributed by atoms with Crippen molar-refractivity contribution in [3.63, 3.8) is 0 Å². The first kappa shape index (κ1) is 14.1. The molecule has 2 heterocycles. The van der Waals surface area contributed by atoms with Crippen LogP contribution in [0.25, 0.3) is 11.1 Å². The first-order chi connectivity index (χ1) is 11.3. The zero-order chi connectivity index (χ0) is 15.6. The van der Waals surface area contributed by atoms with Gasteiger partial charge in [-0.2, -0.15) is 0 Å². The van der Waals surface area contributed by atoms with Crippen LogP contribution in [0.4, 0.5) is 5.82 Å². The Morgan fingerprint density at radius 1 is 1.22 bits per heavy atom. The normalized spacial score (nSPS) is 20.4. The van der Waals surface area contributed by atoms with Gasteiger partial charge in [-0.25, -0.2) is 15.0 Å². The Kier molecular flexibility index (Phi) is 3.67. The predicted octanol–water partition coefficient (Wildman–Crippen LogP) is 2.51. The number of fused-ring (bicyclic) bond motifs is 1. The van der Waals surface area contributed by atoms with Gasteiger partial charge in [-0.1, -0.05) is 12.1 Å². The minimum atomic E-state index is -0.175. The molecule has 6 nitrogen and oxygen atoms in total. The molecular weight excluding hydrogens is 292 g/mol. The third kappa shape index (κ3) is 3.03. The van der Waals surface area contributed by atoms with Crippen LogP contribution in [0.1, 0.15) is 30.3 Å². The second kappa shape index (κ2) is 5.96. The molecule has 6 heteroatoms. The van der Waals surface area contributed by atoms with Crippen molar-refractivity contribution in [2.75, 3.05) is 11.9 Å². The summed E-state index contributed by atoms with van der Waals surface area (Å²) in [7, 11) is 0. The summed E-state index contributed by atoms with van der Waals surface area (Å²) in [4.78, 5) is 13.0. The van der Waals surface area contributed by atoms with Crippen molar-refractivity contribution < 1.29 is 9.52 Å². The highest BCUT2D eigenvalue weighted by Gasteiger charge is 2.29. The summed E-state index contributed by atoms with van der Waals surface area (Å²) < 4.78 is 5.69. The first-order valence-electron chi connectivity index (χ1n) is 7.86. The number of hydrogen-bond acceptors (Lipinski definition) is 6. The molecule has 3 aromatic rings. The van der Waals surface area contributed by atoms with E-state index in [9.17, 15) is 5.11 Å². The van der Waals surface area contributed by atoms with Gasteiger partial charge in [0, 0.05) is 30.6 Å². The fraction of sp³-hybridized carbons (Fsp3) is 0.353. The Balaban J connectivity index is 1.36. The lowest BCUT2D eigenvalue weighted by molar-refractivity contribution is 0.0732. The molecule has 23 heavy (non-hydrogen) atoms. The Bertz CT molecular complexity index is 778. The van der Waals surface area contributed by atoms with E-state index in [1.165, 1.54) is 0 Å². The Hall–Kier alpha value is -2.47. The van der Waals surface area contributed by atoms with Crippen molar-refractivity contribution >= 4 is 16.9 Å². The molecule has 0 bridgehead atoms. The number of aromatic nitrogens is 3. The SMILES string of the molecule is OC1CC(c2cc(NCCc3nc4ccccc4o3)ncn2)C1. The van der Waals surface area contributed by atoms with Crippen molar-refractivity contribution in [3.8, 4) is 0 Å². The van der Waals surface area contributed by atoms with Crippen LogP contribution in [0.15, 0.2) is 41.1 Å². The topological polar surface area (TPSA) is 84.1 Å². The zero-order valence-electron chi connectivity index (χ0n) is 12.6. The van der Waals surface area contributed by atoms with E-state index < -0.39 is 0 Å². The highest BCUT2D eigenvalue weighted by molar-refractivity contribution is 5.72. The summed E-state index contributed by atoms with van der Waals surface area (Å²) in [6.07, 6.45) is 3.67. The number of para-hydroxylation sites is 2. The molecule has 1 saturated carbocycles. The van der Waals surface area contributed by atoms with Gasteiger partial charge in [0.05, 0.1) is 6.10 Å². The molecule has 0 unspecified atom stereocenters. The highest BCUT2D eigenvalue weighted by Crippen LogP contribution is 2.35. The number of rotatable bonds is 5. The number of aliphatic hydroxyl groups is 1. The van der Waals surface area contributed by atoms with E-state index in [0.717, 1.165) is 41.3 Å². The van der Waals surface area contributed by atoms with Gasteiger partial charge < -0.3 is 14.8 Å². The van der Waals surface area contributed by atoms with Gasteiger partial charge in [-0.15, -0.1) is 0 Å². The molecule has 1 fully saturated rings. The molecule has 0 atom stereocenters. The van der Waals surface area contributed by atoms with Crippen molar-refractivity contribution in [3.05, 3.63) is 48.2 Å². The lowest BCUT2D eigenvalue weighted by Gasteiger charge is -2.30. The van der Waals surface area contributed by atoms with Gasteiger partial charge in [-0.05, 0) is 25.0 Å². The fourth-order valence-electron chi connectivity index (χ4n) is 2.85. The molecule has 0 aliphatic heterocycles. The van der Waals surface area contributed by atoms with Crippen molar-refractivity contribution in [1.82, 2.24) is 15.0 Å². The molecule has 1 aliphatic carbocycles. The van der Waals surface area contributed by atoms with E-state index in [2.05, 4.69) is 20.3 Å². The summed E-state index contributed by atoms with van der Waals surface area (Å²) in [5.74, 6) is 1.87. The molecule has 1 aliphatic rings. The Morgan fingerprint density at radius 3 is 2.91 bits per heavy atom. The quantitative estimate of drug-likeness (QED) is 0.753. The molecule has 0 radical (unpaired) electrons. The lowest BCUT2D eigenvalue weighted by atomic mass is 9.80. The molecule has 0 amide bonds. The van der Waals surface area contributed by atoms with E-state index in [-0.39, 0.29) is 6.10 Å². The molecule has 0 saturated heterocycles. The van der Waals surface area contributed by atoms with E-state index in [4.69, 9.17) is 4.42 Å². The Labute approximate surface area is 133 Å². The van der Waals surface area contributed by atoms with Crippen LogP contribution in [0, 0.1) is 0 Å². The third-order valence-corrected chi connectivity index (χ3v) is 4.20. The zero-order valence-corrected chi connectivity index (χ0v) is 12.6. The second-order valence-corrected chi connectivity index (χ2v) is 5.90. The summed E-state index contributed by atoms with van der Waals surface area (Å²) in [5, 5.41) is 12.7. The van der Waals surface area contributed by atoms with Crippen molar-refractivity contribution in [1.29, 1.82) is 0 Å². The second-order valence-electron chi connectivity index (χ2n) is 5.90. The molecule has 0 spiro atoms. The predicted molar refractivity (Wildman–Crippen MR) is 86.2 cm³/mol. The molecule has 4 rings (SSSR count). The molecule has 1 aromatic carbocycles. The summed E-state index contributed by atoms with van der Waals surface area (Å²) >= 11 is 0. The summed E-state index contributed by atoms with van der Waals surface area (Å²) in [6, 6.07) is 9.72. The van der Waals surface area contributed by atoms with Crippen LogP contribution in [0.5, 0.6) is 0 Å². The minimum Gasteiger partial charge on any atom is -0.441 e. The van der Waals surface area contributed by atoms with Crippen LogP contribution in [0.2, 0.25) is 0 Å². The third-order valence-electron chi connectivity index (χ3n) is 4.20. The highest BCUT2D eigenvalue weighted by atomic mass is 16.3. The Morgan fingerprint density at radius 2 is 2.09 bits per heavy atom. The smallest absolute Gasteiger partial charge is 0.197 e. The van der Waals surface area contributed by atoms with Gasteiger partial charge >= 0.3 is 0 Å². The average Bonchev–Trinajstić information content (AvgIpc) is 2.95. The lowest BCUT2D eigenvalue weighted by Crippen LogP contribution is -2.27. The van der Waals surface area contributed by atoms with Gasteiger partial charge in [0.15, 0.2) is 11.5 Å². The number of benzene rings is 1. The minimum absolute atomic E-state index is 0.175. The maximum absolute atomic E-state index is 9.40. The van der Waals surface area contributed by atoms with Crippen LogP contribution in [-0.4, -0.2) is 32.7 Å². The van der Waals surface area contributed by atoms with Crippen LogP contribution in [0.3, 0.4) is 0 Å². The number of anilines is 1. The largest absolute Gasteiger partial charge is 0.441 e. The van der Waals surface area contributed by atoms with Crippen molar-refractivity contribution in [2.24, 2.45) is 0 Å². The van der Waals surface area contributed by atoms with Crippen LogP contribution in [-0.2, 0) is 6.42 Å². The average molecular weight is 310 g/mol. The maximum Gasteiger partial charge on any atom is 0.197 e. The summed E-state index contributed by atoms with van der Waals surface area (Å²) in [5.41, 5.74) is 2.69. The molecule has 2 N–H and O–H groups in total. The van der Waals surface area contributed by atoms with Crippen molar-refractivity contribution in [2.45, 2.75) is 31.3 Å². The van der Waals surface area contributed by atoms with E-state index >= 15 is 0 Å². The maximum atomic E-state index is 9.40. The number of aliphatic hydroxyl groups excluding tert-OH is 1. The monoisotopic (exact) mass is 310 g/mol. The van der Waals surface area contributed by atoms with E-state index in [0.29, 0.717) is 18.9 Å². The van der Waals surface area contributed by atoms with E-state index in [1.54, 1.807) is 6.33 Å². The molecule has 118 valence electrons. The number of nitrogens with zero attached hydrogens (tertiary/aromatic N) is 3. The number of oxazole rings is 1. The van der Waals surface area contributed by atoms with Gasteiger partial charge in [0.2, 0.25) is 0 Å². The van der Waals surface area contributed by atoms with Gasteiger partial charge in [0.1, 0.15) is 17.7 Å². The van der Waals surface area contributed by atoms with Gasteiger partial charge in [0.25, 0.3) is 0 Å². The molecular formula is C17H18N4O2. The van der Waals surface area contributed by atoms with Gasteiger partial charge in [-0.3, -0.25) is 0 Å². The van der Waals surface area contributed by atoms with Crippen LogP contribution < -0.4 is 5.32 Å². The standard InChI is InChI=1S/C17H18N4O2/c22-12-7-11(8-12)14-9-16(20-10-19-14)18-6-5-17-21-13-3-1-2-4-15(13)23-17/h1-4,9-12,22H,5-8H2,(H,18,19,20). The summed E-state index contributed by atoms with van der Waals surface area (Å²) in [6.45, 7) is 0.691. The number of hydrogen-bond donors (Lipinski definition) is 2. The molecule has 2 aromatic heterocycles. The van der Waals surface area contributed by atoms with E-state index in [1.807, 2.05) is 30.3 Å². The first-order valence-corrected chi connectivity index (χ1v) is 7.86. The van der Waals surface area contributed by atoms with Crippen LogP contribution >= 0.6 is 0 Å². The number of nitrogens with one attached hydrogen (secondary N) is 1.